The summed E-state index contributed by atoms with van der Waals surface area (Å²) in [5.41, 5.74) is 2.08. The van der Waals surface area contributed by atoms with Crippen LogP contribution in [0.5, 0.6) is 0 Å². The third kappa shape index (κ3) is 2.77. The Labute approximate surface area is 101 Å². The van der Waals surface area contributed by atoms with Crippen molar-refractivity contribution in [3.8, 4) is 0 Å². The predicted octanol–water partition coefficient (Wildman–Crippen LogP) is 0.847. The highest BCUT2D eigenvalue weighted by Crippen LogP contribution is 2.17. The molecule has 1 saturated heterocycles. The lowest BCUT2D eigenvalue weighted by Crippen LogP contribution is -2.48. The Morgan fingerprint density at radius 3 is 2.24 bits per heavy atom. The van der Waals surface area contributed by atoms with Gasteiger partial charge in [-0.2, -0.15) is 0 Å². The molecule has 17 heavy (non-hydrogen) atoms. The zero-order chi connectivity index (χ0) is 12.3. The molecule has 1 amide bonds. The average molecular weight is 234 g/mol. The van der Waals surface area contributed by atoms with Crippen LogP contribution >= 0.6 is 0 Å². The van der Waals surface area contributed by atoms with Crippen molar-refractivity contribution >= 4 is 11.6 Å². The first-order valence-electron chi connectivity index (χ1n) is 5.91. The van der Waals surface area contributed by atoms with Crippen molar-refractivity contribution in [1.82, 2.24) is 4.90 Å². The van der Waals surface area contributed by atoms with E-state index in [4.69, 9.17) is 5.11 Å². The summed E-state index contributed by atoms with van der Waals surface area (Å²) in [6.45, 7) is 5.02. The molecule has 1 aliphatic rings. The Morgan fingerprint density at radius 1 is 1.18 bits per heavy atom. The van der Waals surface area contributed by atoms with Gasteiger partial charge in [0.05, 0.1) is 6.61 Å². The van der Waals surface area contributed by atoms with E-state index in [0.29, 0.717) is 0 Å². The molecule has 2 rings (SSSR count). The van der Waals surface area contributed by atoms with E-state index in [1.165, 1.54) is 0 Å². The van der Waals surface area contributed by atoms with E-state index in [9.17, 15) is 4.79 Å². The van der Waals surface area contributed by atoms with Gasteiger partial charge in [-0.1, -0.05) is 12.1 Å². The molecule has 0 aliphatic carbocycles. The van der Waals surface area contributed by atoms with Crippen molar-refractivity contribution in [3.05, 3.63) is 29.8 Å². The fraction of sp³-hybridized carbons (Fsp3) is 0.462. The van der Waals surface area contributed by atoms with Crippen LogP contribution in [0, 0.1) is 0 Å². The van der Waals surface area contributed by atoms with Crippen LogP contribution in [0.2, 0.25) is 0 Å². The molecular weight excluding hydrogens is 216 g/mol. The summed E-state index contributed by atoms with van der Waals surface area (Å²) in [5.74, 6) is 0.153. The molecule has 1 N–H and O–H groups in total. The number of rotatable bonds is 2. The second-order valence-corrected chi connectivity index (χ2v) is 4.32. The van der Waals surface area contributed by atoms with Crippen molar-refractivity contribution in [2.45, 2.75) is 13.5 Å². The van der Waals surface area contributed by atoms with Crippen molar-refractivity contribution in [3.63, 3.8) is 0 Å². The first-order valence-corrected chi connectivity index (χ1v) is 5.91. The van der Waals surface area contributed by atoms with E-state index >= 15 is 0 Å². The first kappa shape index (κ1) is 11.9. The van der Waals surface area contributed by atoms with Crippen LogP contribution in [-0.2, 0) is 11.4 Å². The second kappa shape index (κ2) is 5.19. The van der Waals surface area contributed by atoms with Gasteiger partial charge in [0.2, 0.25) is 5.91 Å². The molecule has 1 aromatic rings. The summed E-state index contributed by atoms with van der Waals surface area (Å²) < 4.78 is 0. The minimum atomic E-state index is 0.0817. The van der Waals surface area contributed by atoms with Crippen molar-refractivity contribution in [2.75, 3.05) is 31.1 Å². The maximum atomic E-state index is 11.2. The molecule has 1 aliphatic heterocycles. The van der Waals surface area contributed by atoms with Gasteiger partial charge in [0.15, 0.2) is 0 Å². The maximum Gasteiger partial charge on any atom is 0.219 e. The van der Waals surface area contributed by atoms with Gasteiger partial charge < -0.3 is 14.9 Å². The summed E-state index contributed by atoms with van der Waals surface area (Å²) in [6.07, 6.45) is 0. The Hall–Kier alpha value is -1.55. The normalized spacial score (nSPS) is 16.1. The third-order valence-corrected chi connectivity index (χ3v) is 3.21. The van der Waals surface area contributed by atoms with Gasteiger partial charge in [0, 0.05) is 38.8 Å². The zero-order valence-corrected chi connectivity index (χ0v) is 10.1. The summed E-state index contributed by atoms with van der Waals surface area (Å²) in [6, 6.07) is 7.92. The molecule has 0 atom stereocenters. The fourth-order valence-corrected chi connectivity index (χ4v) is 2.09. The molecule has 0 radical (unpaired) electrons. The molecule has 4 nitrogen and oxygen atoms in total. The SMILES string of the molecule is CC(=O)N1CCN(c2ccc(CO)cc2)CC1. The Balaban J connectivity index is 1.97. The van der Waals surface area contributed by atoms with E-state index in [1.54, 1.807) is 6.92 Å². The lowest BCUT2D eigenvalue weighted by atomic mass is 10.2. The summed E-state index contributed by atoms with van der Waals surface area (Å²) in [5, 5.41) is 8.98. The minimum absolute atomic E-state index is 0.0817. The van der Waals surface area contributed by atoms with Gasteiger partial charge in [-0.05, 0) is 17.7 Å². The van der Waals surface area contributed by atoms with E-state index in [-0.39, 0.29) is 12.5 Å². The Kier molecular flexibility index (Phi) is 3.64. The summed E-state index contributed by atoms with van der Waals surface area (Å²) >= 11 is 0. The average Bonchev–Trinajstić information content (AvgIpc) is 2.39. The minimum Gasteiger partial charge on any atom is -0.392 e. The lowest BCUT2D eigenvalue weighted by molar-refractivity contribution is -0.129. The van der Waals surface area contributed by atoms with Gasteiger partial charge in [-0.15, -0.1) is 0 Å². The lowest BCUT2D eigenvalue weighted by Gasteiger charge is -2.35. The number of carbonyl (C=O) groups excluding carboxylic acids is 1. The highest BCUT2D eigenvalue weighted by Gasteiger charge is 2.18. The topological polar surface area (TPSA) is 43.8 Å². The van der Waals surface area contributed by atoms with E-state index in [2.05, 4.69) is 4.90 Å². The largest absolute Gasteiger partial charge is 0.392 e. The number of carbonyl (C=O) groups is 1. The van der Waals surface area contributed by atoms with Crippen LogP contribution < -0.4 is 4.90 Å². The van der Waals surface area contributed by atoms with Gasteiger partial charge in [-0.3, -0.25) is 4.79 Å². The molecule has 92 valence electrons. The molecule has 1 fully saturated rings. The van der Waals surface area contributed by atoms with Crippen LogP contribution in [-0.4, -0.2) is 42.1 Å². The van der Waals surface area contributed by atoms with Crippen LogP contribution in [0.15, 0.2) is 24.3 Å². The van der Waals surface area contributed by atoms with Gasteiger partial charge in [0.25, 0.3) is 0 Å². The molecule has 0 saturated carbocycles. The van der Waals surface area contributed by atoms with E-state index < -0.39 is 0 Å². The van der Waals surface area contributed by atoms with Crippen LogP contribution in [0.3, 0.4) is 0 Å². The summed E-state index contributed by atoms with van der Waals surface area (Å²) in [4.78, 5) is 15.3. The van der Waals surface area contributed by atoms with Crippen molar-refractivity contribution in [1.29, 1.82) is 0 Å². The van der Waals surface area contributed by atoms with Gasteiger partial charge >= 0.3 is 0 Å². The highest BCUT2D eigenvalue weighted by molar-refractivity contribution is 5.73. The molecule has 0 bridgehead atoms. The molecule has 0 unspecified atom stereocenters. The van der Waals surface area contributed by atoms with Crippen LogP contribution in [0.1, 0.15) is 12.5 Å². The number of piperazine rings is 1. The first-order chi connectivity index (χ1) is 8.20. The predicted molar refractivity (Wildman–Crippen MR) is 66.8 cm³/mol. The number of amides is 1. The number of aliphatic hydroxyl groups is 1. The maximum absolute atomic E-state index is 11.2. The zero-order valence-electron chi connectivity index (χ0n) is 10.1. The third-order valence-electron chi connectivity index (χ3n) is 3.21. The highest BCUT2D eigenvalue weighted by atomic mass is 16.3. The van der Waals surface area contributed by atoms with Gasteiger partial charge in [0.1, 0.15) is 0 Å². The molecular formula is C13H18N2O2. The number of anilines is 1. The van der Waals surface area contributed by atoms with Crippen LogP contribution in [0.4, 0.5) is 5.69 Å². The number of benzene rings is 1. The Morgan fingerprint density at radius 2 is 1.76 bits per heavy atom. The smallest absolute Gasteiger partial charge is 0.219 e. The molecule has 0 spiro atoms. The molecule has 1 heterocycles. The van der Waals surface area contributed by atoms with Gasteiger partial charge in [-0.25, -0.2) is 0 Å². The summed E-state index contributed by atoms with van der Waals surface area (Å²) in [7, 11) is 0. The number of hydrogen-bond acceptors (Lipinski definition) is 3. The van der Waals surface area contributed by atoms with E-state index in [0.717, 1.165) is 37.4 Å². The number of aliphatic hydroxyl groups excluding tert-OH is 1. The molecule has 0 aromatic heterocycles. The second-order valence-electron chi connectivity index (χ2n) is 4.32. The Bertz CT molecular complexity index is 381. The van der Waals surface area contributed by atoms with Crippen molar-refractivity contribution < 1.29 is 9.90 Å². The standard InChI is InChI=1S/C13H18N2O2/c1-11(17)14-6-8-15(9-7-14)13-4-2-12(10-16)3-5-13/h2-5,16H,6-10H2,1H3. The number of nitrogens with zero attached hydrogens (tertiary/aromatic N) is 2. The van der Waals surface area contributed by atoms with Crippen molar-refractivity contribution in [2.24, 2.45) is 0 Å². The number of hydrogen-bond donors (Lipinski definition) is 1. The molecule has 1 aromatic carbocycles. The quantitative estimate of drug-likeness (QED) is 0.825. The van der Waals surface area contributed by atoms with Crippen LogP contribution in [0.25, 0.3) is 0 Å². The monoisotopic (exact) mass is 234 g/mol. The fourth-order valence-electron chi connectivity index (χ4n) is 2.09. The molecule has 4 heteroatoms. The van der Waals surface area contributed by atoms with E-state index in [1.807, 2.05) is 29.2 Å².